The third kappa shape index (κ3) is 2.52. The van der Waals surface area contributed by atoms with Gasteiger partial charge in [0.1, 0.15) is 5.75 Å². The van der Waals surface area contributed by atoms with Gasteiger partial charge in [-0.2, -0.15) is 5.10 Å². The Bertz CT molecular complexity index is 645. The number of carboxylic acids is 1. The molecule has 0 aliphatic heterocycles. The van der Waals surface area contributed by atoms with Gasteiger partial charge >= 0.3 is 5.97 Å². The average Bonchev–Trinajstić information content (AvgIpc) is 2.80. The fourth-order valence-electron chi connectivity index (χ4n) is 2.19. The molecule has 0 unspecified atom stereocenters. The molecule has 0 spiro atoms. The number of carboxylic acid groups (broad SMARTS) is 1. The average molecular weight is 274 g/mol. The van der Waals surface area contributed by atoms with E-state index in [1.165, 1.54) is 0 Å². The topological polar surface area (TPSA) is 64.3 Å². The molecule has 1 heterocycles. The molecule has 106 valence electrons. The van der Waals surface area contributed by atoms with Crippen LogP contribution >= 0.6 is 0 Å². The summed E-state index contributed by atoms with van der Waals surface area (Å²) in [6.45, 7) is 4.20. The van der Waals surface area contributed by atoms with E-state index in [0.29, 0.717) is 5.92 Å². The van der Waals surface area contributed by atoms with Gasteiger partial charge in [-0.25, -0.2) is 4.79 Å². The van der Waals surface area contributed by atoms with Crippen molar-refractivity contribution in [3.05, 3.63) is 35.5 Å². The summed E-state index contributed by atoms with van der Waals surface area (Å²) >= 11 is 0. The highest BCUT2D eigenvalue weighted by molar-refractivity contribution is 5.87. The number of ether oxygens (including phenoxy) is 1. The number of aryl methyl sites for hydroxylation is 1. The zero-order chi connectivity index (χ0) is 14.9. The lowest BCUT2D eigenvalue weighted by Gasteiger charge is -2.13. The second-order valence-electron chi connectivity index (χ2n) is 4.96. The van der Waals surface area contributed by atoms with Crippen molar-refractivity contribution in [1.29, 1.82) is 0 Å². The Kier molecular flexibility index (Phi) is 3.79. The first kappa shape index (κ1) is 14.1. The molecule has 5 nitrogen and oxygen atoms in total. The van der Waals surface area contributed by atoms with E-state index in [1.807, 2.05) is 18.2 Å². The van der Waals surface area contributed by atoms with E-state index in [0.717, 1.165) is 22.6 Å². The Hall–Kier alpha value is -2.30. The zero-order valence-electron chi connectivity index (χ0n) is 12.0. The smallest absolute Gasteiger partial charge is 0.356 e. The molecule has 0 aliphatic rings. The van der Waals surface area contributed by atoms with Gasteiger partial charge in [-0.05, 0) is 23.6 Å². The molecular formula is C15H18N2O3. The normalized spacial score (nSPS) is 10.8. The molecule has 0 saturated carbocycles. The summed E-state index contributed by atoms with van der Waals surface area (Å²) < 4.78 is 6.98. The van der Waals surface area contributed by atoms with Gasteiger partial charge in [0.05, 0.1) is 12.8 Å². The highest BCUT2D eigenvalue weighted by Crippen LogP contribution is 2.31. The first-order chi connectivity index (χ1) is 9.43. The van der Waals surface area contributed by atoms with Crippen molar-refractivity contribution in [2.24, 2.45) is 7.05 Å². The summed E-state index contributed by atoms with van der Waals surface area (Å²) in [6.07, 6.45) is 0. The van der Waals surface area contributed by atoms with E-state index in [4.69, 9.17) is 9.84 Å². The van der Waals surface area contributed by atoms with Crippen LogP contribution in [0.2, 0.25) is 0 Å². The minimum absolute atomic E-state index is 0.0365. The number of carbonyl (C=O) groups is 1. The first-order valence-electron chi connectivity index (χ1n) is 6.39. The maximum atomic E-state index is 11.0. The number of nitrogens with zero attached hydrogens (tertiary/aromatic N) is 2. The first-order valence-corrected chi connectivity index (χ1v) is 6.39. The van der Waals surface area contributed by atoms with Crippen LogP contribution in [0.4, 0.5) is 0 Å². The zero-order valence-corrected chi connectivity index (χ0v) is 12.0. The monoisotopic (exact) mass is 274 g/mol. The van der Waals surface area contributed by atoms with Crippen LogP contribution in [0.15, 0.2) is 24.3 Å². The van der Waals surface area contributed by atoms with Crippen LogP contribution in [0.5, 0.6) is 5.75 Å². The number of aromatic carboxylic acids is 1. The molecule has 1 N–H and O–H groups in total. The van der Waals surface area contributed by atoms with E-state index in [-0.39, 0.29) is 5.69 Å². The number of rotatable bonds is 4. The quantitative estimate of drug-likeness (QED) is 0.931. The minimum atomic E-state index is -1.03. The number of benzene rings is 1. The summed E-state index contributed by atoms with van der Waals surface area (Å²) in [6, 6.07) is 7.44. The SMILES string of the molecule is COc1cc(-c2cc(C(=O)O)nn2C)ccc1C(C)C. The van der Waals surface area contributed by atoms with Crippen LogP contribution in [0.1, 0.15) is 35.8 Å². The standard InChI is InChI=1S/C15H18N2O3/c1-9(2)11-6-5-10(7-14(11)20-4)13-8-12(15(18)19)16-17(13)3/h5-9H,1-4H3,(H,18,19). The van der Waals surface area contributed by atoms with E-state index in [2.05, 4.69) is 18.9 Å². The summed E-state index contributed by atoms with van der Waals surface area (Å²) in [5.74, 6) is 0.133. The molecule has 0 saturated heterocycles. The Labute approximate surface area is 117 Å². The Balaban J connectivity index is 2.51. The van der Waals surface area contributed by atoms with Crippen LogP contribution in [-0.2, 0) is 7.05 Å². The maximum absolute atomic E-state index is 11.0. The van der Waals surface area contributed by atoms with Crippen LogP contribution in [0.3, 0.4) is 0 Å². The second-order valence-corrected chi connectivity index (χ2v) is 4.96. The molecule has 1 aromatic heterocycles. The fraction of sp³-hybridized carbons (Fsp3) is 0.333. The van der Waals surface area contributed by atoms with Crippen LogP contribution in [0, 0.1) is 0 Å². The lowest BCUT2D eigenvalue weighted by atomic mass is 9.99. The number of hydrogen-bond donors (Lipinski definition) is 1. The molecule has 0 bridgehead atoms. The predicted octanol–water partition coefficient (Wildman–Crippen LogP) is 2.92. The van der Waals surface area contributed by atoms with Gasteiger partial charge in [0, 0.05) is 12.6 Å². The van der Waals surface area contributed by atoms with E-state index >= 15 is 0 Å². The van der Waals surface area contributed by atoms with Crippen molar-refractivity contribution in [2.45, 2.75) is 19.8 Å². The van der Waals surface area contributed by atoms with Crippen molar-refractivity contribution >= 4 is 5.97 Å². The largest absolute Gasteiger partial charge is 0.496 e. The molecule has 2 aromatic rings. The molecule has 0 amide bonds. The fourth-order valence-corrected chi connectivity index (χ4v) is 2.19. The minimum Gasteiger partial charge on any atom is -0.496 e. The van der Waals surface area contributed by atoms with Crippen molar-refractivity contribution in [3.8, 4) is 17.0 Å². The van der Waals surface area contributed by atoms with Gasteiger partial charge < -0.3 is 9.84 Å². The summed E-state index contributed by atoms with van der Waals surface area (Å²) in [5, 5.41) is 13.0. The highest BCUT2D eigenvalue weighted by atomic mass is 16.5. The van der Waals surface area contributed by atoms with E-state index < -0.39 is 5.97 Å². The van der Waals surface area contributed by atoms with Gasteiger partial charge in [-0.15, -0.1) is 0 Å². The van der Waals surface area contributed by atoms with Crippen LogP contribution < -0.4 is 4.74 Å². The lowest BCUT2D eigenvalue weighted by molar-refractivity contribution is 0.0689. The van der Waals surface area contributed by atoms with Crippen molar-refractivity contribution in [1.82, 2.24) is 9.78 Å². The number of hydrogen-bond acceptors (Lipinski definition) is 3. The van der Waals surface area contributed by atoms with Gasteiger partial charge in [0.25, 0.3) is 0 Å². The Morgan fingerprint density at radius 1 is 1.35 bits per heavy atom. The maximum Gasteiger partial charge on any atom is 0.356 e. The Morgan fingerprint density at radius 2 is 2.05 bits per heavy atom. The van der Waals surface area contributed by atoms with Crippen molar-refractivity contribution < 1.29 is 14.6 Å². The van der Waals surface area contributed by atoms with E-state index in [1.54, 1.807) is 24.9 Å². The third-order valence-corrected chi connectivity index (χ3v) is 3.25. The van der Waals surface area contributed by atoms with Crippen molar-refractivity contribution in [3.63, 3.8) is 0 Å². The molecule has 5 heteroatoms. The third-order valence-electron chi connectivity index (χ3n) is 3.25. The summed E-state index contributed by atoms with van der Waals surface area (Å²) in [4.78, 5) is 11.0. The van der Waals surface area contributed by atoms with Gasteiger partial charge in [-0.1, -0.05) is 26.0 Å². The molecule has 0 atom stereocenters. The molecular weight excluding hydrogens is 256 g/mol. The van der Waals surface area contributed by atoms with Gasteiger partial charge in [-0.3, -0.25) is 4.68 Å². The number of methoxy groups -OCH3 is 1. The predicted molar refractivity (Wildman–Crippen MR) is 76.2 cm³/mol. The van der Waals surface area contributed by atoms with Crippen LogP contribution in [0.25, 0.3) is 11.3 Å². The molecule has 20 heavy (non-hydrogen) atoms. The summed E-state index contributed by atoms with van der Waals surface area (Å²) in [5.41, 5.74) is 2.79. The highest BCUT2D eigenvalue weighted by Gasteiger charge is 2.15. The molecule has 0 aliphatic carbocycles. The van der Waals surface area contributed by atoms with E-state index in [9.17, 15) is 4.79 Å². The molecule has 2 rings (SSSR count). The molecule has 1 aromatic carbocycles. The summed E-state index contributed by atoms with van der Waals surface area (Å²) in [7, 11) is 3.36. The van der Waals surface area contributed by atoms with Gasteiger partial charge in [0.15, 0.2) is 5.69 Å². The Morgan fingerprint density at radius 3 is 2.55 bits per heavy atom. The van der Waals surface area contributed by atoms with Crippen LogP contribution in [-0.4, -0.2) is 28.0 Å². The van der Waals surface area contributed by atoms with Crippen molar-refractivity contribution in [2.75, 3.05) is 7.11 Å². The molecule has 0 fully saturated rings. The second kappa shape index (κ2) is 5.36. The van der Waals surface area contributed by atoms with Gasteiger partial charge in [0.2, 0.25) is 0 Å². The number of aromatic nitrogens is 2. The molecule has 0 radical (unpaired) electrons. The lowest BCUT2D eigenvalue weighted by Crippen LogP contribution is -1.99.